The molecule has 0 fully saturated rings. The highest BCUT2D eigenvalue weighted by atomic mass is 19.4. The van der Waals surface area contributed by atoms with E-state index in [-0.39, 0.29) is 25.8 Å². The van der Waals surface area contributed by atoms with E-state index in [0.29, 0.717) is 19.4 Å². The standard InChI is InChI=1S/C10H21F3N2O2/c1-17-7-9(3-2-4-14)15(5-6-16)8-10(11,12)13/h9,16H,2-8,14H2,1H3. The van der Waals surface area contributed by atoms with Gasteiger partial charge in [-0.1, -0.05) is 0 Å². The van der Waals surface area contributed by atoms with Crippen LogP contribution < -0.4 is 5.73 Å². The number of hydrogen-bond donors (Lipinski definition) is 2. The SMILES string of the molecule is COCC(CCCN)N(CCO)CC(F)(F)F. The van der Waals surface area contributed by atoms with E-state index >= 15 is 0 Å². The molecule has 104 valence electrons. The van der Waals surface area contributed by atoms with Crippen LogP contribution >= 0.6 is 0 Å². The molecule has 0 radical (unpaired) electrons. The van der Waals surface area contributed by atoms with E-state index in [1.54, 1.807) is 0 Å². The highest BCUT2D eigenvalue weighted by Gasteiger charge is 2.33. The van der Waals surface area contributed by atoms with Gasteiger partial charge in [0, 0.05) is 19.7 Å². The number of aliphatic hydroxyl groups is 1. The Labute approximate surface area is 99.5 Å². The van der Waals surface area contributed by atoms with E-state index in [1.807, 2.05) is 0 Å². The van der Waals surface area contributed by atoms with Crippen LogP contribution in [0.5, 0.6) is 0 Å². The summed E-state index contributed by atoms with van der Waals surface area (Å²) >= 11 is 0. The van der Waals surface area contributed by atoms with Gasteiger partial charge in [-0.3, -0.25) is 4.90 Å². The first-order chi connectivity index (χ1) is 7.94. The monoisotopic (exact) mass is 258 g/mol. The average molecular weight is 258 g/mol. The summed E-state index contributed by atoms with van der Waals surface area (Å²) in [5.41, 5.74) is 5.34. The first-order valence-electron chi connectivity index (χ1n) is 5.55. The van der Waals surface area contributed by atoms with Crippen molar-refractivity contribution in [3.63, 3.8) is 0 Å². The Morgan fingerprint density at radius 2 is 2.06 bits per heavy atom. The van der Waals surface area contributed by atoms with Gasteiger partial charge >= 0.3 is 6.18 Å². The maximum atomic E-state index is 12.4. The summed E-state index contributed by atoms with van der Waals surface area (Å²) in [6, 6.07) is -0.364. The Bertz CT molecular complexity index is 191. The van der Waals surface area contributed by atoms with E-state index in [9.17, 15) is 13.2 Å². The van der Waals surface area contributed by atoms with E-state index < -0.39 is 12.7 Å². The largest absolute Gasteiger partial charge is 0.401 e. The number of nitrogens with two attached hydrogens (primary N) is 1. The average Bonchev–Trinajstić information content (AvgIpc) is 2.22. The van der Waals surface area contributed by atoms with Crippen molar-refractivity contribution in [1.82, 2.24) is 4.90 Å². The molecule has 7 heteroatoms. The quantitative estimate of drug-likeness (QED) is 0.636. The molecule has 4 nitrogen and oxygen atoms in total. The topological polar surface area (TPSA) is 58.7 Å². The lowest BCUT2D eigenvalue weighted by atomic mass is 10.1. The predicted molar refractivity (Wildman–Crippen MR) is 58.7 cm³/mol. The lowest BCUT2D eigenvalue weighted by molar-refractivity contribution is -0.154. The Hall–Kier alpha value is -0.370. The minimum atomic E-state index is -4.27. The maximum Gasteiger partial charge on any atom is 0.401 e. The molecule has 0 aromatic carbocycles. The summed E-state index contributed by atoms with van der Waals surface area (Å²) in [5, 5.41) is 8.80. The van der Waals surface area contributed by atoms with Gasteiger partial charge in [0.05, 0.1) is 19.8 Å². The molecule has 0 aliphatic heterocycles. The van der Waals surface area contributed by atoms with Crippen LogP contribution in [-0.2, 0) is 4.74 Å². The van der Waals surface area contributed by atoms with Crippen molar-refractivity contribution in [2.24, 2.45) is 5.73 Å². The zero-order valence-electron chi connectivity index (χ0n) is 10.0. The third-order valence-corrected chi connectivity index (χ3v) is 2.39. The van der Waals surface area contributed by atoms with Crippen molar-refractivity contribution in [2.75, 3.05) is 40.0 Å². The molecule has 1 atom stereocenters. The normalized spacial score (nSPS) is 14.3. The molecule has 1 unspecified atom stereocenters. The number of alkyl halides is 3. The Kier molecular flexibility index (Phi) is 8.49. The Balaban J connectivity index is 4.45. The fourth-order valence-electron chi connectivity index (χ4n) is 1.67. The molecule has 0 amide bonds. The number of ether oxygens (including phenoxy) is 1. The van der Waals surface area contributed by atoms with Crippen molar-refractivity contribution in [1.29, 1.82) is 0 Å². The third kappa shape index (κ3) is 8.37. The van der Waals surface area contributed by atoms with Crippen LogP contribution in [0.25, 0.3) is 0 Å². The van der Waals surface area contributed by atoms with Crippen LogP contribution in [-0.4, -0.2) is 62.2 Å². The molecule has 0 saturated carbocycles. The Morgan fingerprint density at radius 3 is 2.47 bits per heavy atom. The van der Waals surface area contributed by atoms with Crippen LogP contribution in [0.15, 0.2) is 0 Å². The zero-order chi connectivity index (χ0) is 13.3. The second-order valence-electron chi connectivity index (χ2n) is 3.85. The molecule has 3 N–H and O–H groups in total. The van der Waals surface area contributed by atoms with Gasteiger partial charge in [-0.15, -0.1) is 0 Å². The van der Waals surface area contributed by atoms with Gasteiger partial charge in [-0.25, -0.2) is 0 Å². The van der Waals surface area contributed by atoms with Gasteiger partial charge < -0.3 is 15.6 Å². The van der Waals surface area contributed by atoms with Gasteiger partial charge in [0.2, 0.25) is 0 Å². The minimum Gasteiger partial charge on any atom is -0.395 e. The highest BCUT2D eigenvalue weighted by Crippen LogP contribution is 2.19. The number of nitrogens with zero attached hydrogens (tertiary/aromatic N) is 1. The molecular formula is C10H21F3N2O2. The Morgan fingerprint density at radius 1 is 1.41 bits per heavy atom. The van der Waals surface area contributed by atoms with E-state index in [2.05, 4.69) is 0 Å². The van der Waals surface area contributed by atoms with Gasteiger partial charge in [-0.2, -0.15) is 13.2 Å². The van der Waals surface area contributed by atoms with Crippen molar-refractivity contribution in [2.45, 2.75) is 25.1 Å². The first-order valence-corrected chi connectivity index (χ1v) is 5.55. The lowest BCUT2D eigenvalue weighted by Crippen LogP contribution is -2.45. The molecule has 0 saturated heterocycles. The van der Waals surface area contributed by atoms with Crippen molar-refractivity contribution >= 4 is 0 Å². The molecule has 0 aliphatic carbocycles. The second-order valence-corrected chi connectivity index (χ2v) is 3.85. The maximum absolute atomic E-state index is 12.4. The van der Waals surface area contributed by atoms with Gasteiger partial charge in [0.15, 0.2) is 0 Å². The molecule has 0 aromatic heterocycles. The summed E-state index contributed by atoms with van der Waals surface area (Å²) in [5.74, 6) is 0. The van der Waals surface area contributed by atoms with Crippen molar-refractivity contribution in [3.8, 4) is 0 Å². The van der Waals surface area contributed by atoms with Gasteiger partial charge in [0.25, 0.3) is 0 Å². The number of rotatable bonds is 9. The molecule has 0 spiro atoms. The molecule has 0 heterocycles. The van der Waals surface area contributed by atoms with Crippen LogP contribution in [0.4, 0.5) is 13.2 Å². The second kappa shape index (κ2) is 8.68. The van der Waals surface area contributed by atoms with Crippen LogP contribution in [0.3, 0.4) is 0 Å². The minimum absolute atomic E-state index is 0.0158. The number of halogens is 3. The predicted octanol–water partition coefficient (Wildman–Crippen LogP) is 0.597. The summed E-state index contributed by atoms with van der Waals surface area (Å²) < 4.78 is 42.0. The van der Waals surface area contributed by atoms with Crippen LogP contribution in [0.2, 0.25) is 0 Å². The van der Waals surface area contributed by atoms with Crippen LogP contribution in [0.1, 0.15) is 12.8 Å². The van der Waals surface area contributed by atoms with E-state index in [0.717, 1.165) is 0 Å². The van der Waals surface area contributed by atoms with Gasteiger partial charge in [0.1, 0.15) is 0 Å². The van der Waals surface area contributed by atoms with Crippen LogP contribution in [0, 0.1) is 0 Å². The van der Waals surface area contributed by atoms with Crippen molar-refractivity contribution in [3.05, 3.63) is 0 Å². The highest BCUT2D eigenvalue weighted by molar-refractivity contribution is 4.74. The number of aliphatic hydroxyl groups excluding tert-OH is 1. The molecular weight excluding hydrogens is 237 g/mol. The smallest absolute Gasteiger partial charge is 0.395 e. The lowest BCUT2D eigenvalue weighted by Gasteiger charge is -2.31. The summed E-state index contributed by atoms with van der Waals surface area (Å²) in [7, 11) is 1.44. The molecule has 0 rings (SSSR count). The van der Waals surface area contributed by atoms with E-state index in [4.69, 9.17) is 15.6 Å². The summed E-state index contributed by atoms with van der Waals surface area (Å²) in [6.07, 6.45) is -3.11. The summed E-state index contributed by atoms with van der Waals surface area (Å²) in [4.78, 5) is 1.19. The zero-order valence-corrected chi connectivity index (χ0v) is 10.0. The fraction of sp³-hybridized carbons (Fsp3) is 1.00. The summed E-state index contributed by atoms with van der Waals surface area (Å²) in [6.45, 7) is -0.724. The molecule has 0 aliphatic rings. The fourth-order valence-corrected chi connectivity index (χ4v) is 1.67. The van der Waals surface area contributed by atoms with E-state index in [1.165, 1.54) is 12.0 Å². The number of methoxy groups -OCH3 is 1. The number of hydrogen-bond acceptors (Lipinski definition) is 4. The van der Waals surface area contributed by atoms with Gasteiger partial charge in [-0.05, 0) is 19.4 Å². The molecule has 0 bridgehead atoms. The first kappa shape index (κ1) is 16.6. The molecule has 17 heavy (non-hydrogen) atoms. The van der Waals surface area contributed by atoms with Crippen molar-refractivity contribution < 1.29 is 23.0 Å². The third-order valence-electron chi connectivity index (χ3n) is 2.39. The molecule has 0 aromatic rings.